The summed E-state index contributed by atoms with van der Waals surface area (Å²) >= 11 is 0. The van der Waals surface area contributed by atoms with Gasteiger partial charge in [-0.3, -0.25) is 9.48 Å². The third kappa shape index (κ3) is 1.62. The predicted molar refractivity (Wildman–Crippen MR) is 54.2 cm³/mol. The molecule has 1 aromatic rings. The Morgan fingerprint density at radius 1 is 1.64 bits per heavy atom. The van der Waals surface area contributed by atoms with E-state index in [4.69, 9.17) is 0 Å². The largest absolute Gasteiger partial charge is 0.289 e. The number of ketones is 1. The zero-order chi connectivity index (χ0) is 9.97. The number of carbonyl (C=O) groups is 1. The van der Waals surface area contributed by atoms with Crippen molar-refractivity contribution in [1.82, 2.24) is 9.78 Å². The zero-order valence-electron chi connectivity index (χ0n) is 8.36. The van der Waals surface area contributed by atoms with Crippen LogP contribution in [0.5, 0.6) is 0 Å². The molecule has 2 rings (SSSR count). The highest BCUT2D eigenvalue weighted by Gasteiger charge is 2.16. The van der Waals surface area contributed by atoms with Crippen molar-refractivity contribution in [2.75, 3.05) is 0 Å². The molecule has 0 unspecified atom stereocenters. The fourth-order valence-electron chi connectivity index (χ4n) is 1.72. The Kier molecular flexibility index (Phi) is 2.48. The maximum Gasteiger partial charge on any atom is 0.191 e. The molecule has 3 heteroatoms. The van der Waals surface area contributed by atoms with Crippen molar-refractivity contribution in [3.63, 3.8) is 0 Å². The van der Waals surface area contributed by atoms with E-state index in [1.54, 1.807) is 10.9 Å². The summed E-state index contributed by atoms with van der Waals surface area (Å²) in [7, 11) is 0. The number of hydrogen-bond acceptors (Lipinski definition) is 2. The molecule has 0 saturated heterocycles. The molecule has 0 bridgehead atoms. The van der Waals surface area contributed by atoms with Gasteiger partial charge in [-0.05, 0) is 31.8 Å². The third-order valence-corrected chi connectivity index (χ3v) is 2.55. The molecule has 14 heavy (non-hydrogen) atoms. The van der Waals surface area contributed by atoms with Gasteiger partial charge in [0.05, 0.1) is 11.8 Å². The van der Waals surface area contributed by atoms with E-state index in [1.807, 2.05) is 19.2 Å². The summed E-state index contributed by atoms with van der Waals surface area (Å²) in [4.78, 5) is 11.9. The van der Waals surface area contributed by atoms with Gasteiger partial charge in [0, 0.05) is 12.7 Å². The Morgan fingerprint density at radius 2 is 2.50 bits per heavy atom. The smallest absolute Gasteiger partial charge is 0.191 e. The van der Waals surface area contributed by atoms with Crippen LogP contribution >= 0.6 is 0 Å². The molecule has 74 valence electrons. The highest BCUT2D eigenvalue weighted by molar-refractivity contribution is 6.08. The quantitative estimate of drug-likeness (QED) is 0.685. The van der Waals surface area contributed by atoms with Gasteiger partial charge >= 0.3 is 0 Å². The maximum atomic E-state index is 11.9. The van der Waals surface area contributed by atoms with Crippen LogP contribution in [0.2, 0.25) is 0 Å². The van der Waals surface area contributed by atoms with Gasteiger partial charge in [0.1, 0.15) is 0 Å². The van der Waals surface area contributed by atoms with Crippen molar-refractivity contribution in [2.24, 2.45) is 0 Å². The van der Waals surface area contributed by atoms with E-state index >= 15 is 0 Å². The van der Waals surface area contributed by atoms with E-state index in [2.05, 4.69) is 5.10 Å². The molecule has 0 N–H and O–H groups in total. The minimum Gasteiger partial charge on any atom is -0.289 e. The van der Waals surface area contributed by atoms with Gasteiger partial charge in [-0.15, -0.1) is 0 Å². The fourth-order valence-corrected chi connectivity index (χ4v) is 1.72. The summed E-state index contributed by atoms with van der Waals surface area (Å²) in [5, 5.41) is 4.10. The molecule has 1 heterocycles. The SMILES string of the molecule is CCn1cc(C(=O)C2=CCCC2)cn1. The molecule has 1 aliphatic rings. The number of nitrogens with zero attached hydrogens (tertiary/aromatic N) is 2. The Balaban J connectivity index is 2.18. The average molecular weight is 190 g/mol. The summed E-state index contributed by atoms with van der Waals surface area (Å²) in [6.07, 6.45) is 8.61. The second kappa shape index (κ2) is 3.78. The van der Waals surface area contributed by atoms with Crippen LogP contribution in [-0.4, -0.2) is 15.6 Å². The molecule has 1 aliphatic carbocycles. The van der Waals surface area contributed by atoms with Crippen molar-refractivity contribution in [1.29, 1.82) is 0 Å². The zero-order valence-corrected chi connectivity index (χ0v) is 8.36. The van der Waals surface area contributed by atoms with Crippen LogP contribution in [0.1, 0.15) is 36.5 Å². The number of carbonyl (C=O) groups excluding carboxylic acids is 1. The van der Waals surface area contributed by atoms with Crippen molar-refractivity contribution in [3.8, 4) is 0 Å². The Labute approximate surface area is 83.4 Å². The van der Waals surface area contributed by atoms with Gasteiger partial charge < -0.3 is 0 Å². The van der Waals surface area contributed by atoms with Gasteiger partial charge in [-0.2, -0.15) is 5.10 Å². The molecule has 3 nitrogen and oxygen atoms in total. The Bertz CT molecular complexity index is 376. The monoisotopic (exact) mass is 190 g/mol. The number of Topliss-reactive ketones (excluding diaryl/α,β-unsaturated/α-hetero) is 1. The van der Waals surface area contributed by atoms with Gasteiger partial charge in [-0.25, -0.2) is 0 Å². The van der Waals surface area contributed by atoms with Gasteiger partial charge in [0.25, 0.3) is 0 Å². The maximum absolute atomic E-state index is 11.9. The second-order valence-corrected chi connectivity index (χ2v) is 3.54. The first kappa shape index (κ1) is 9.19. The summed E-state index contributed by atoms with van der Waals surface area (Å²) in [5.41, 5.74) is 1.68. The predicted octanol–water partition coefficient (Wildman–Crippen LogP) is 2.20. The number of aromatic nitrogens is 2. The van der Waals surface area contributed by atoms with Crippen LogP contribution in [0.15, 0.2) is 24.0 Å². The lowest BCUT2D eigenvalue weighted by Crippen LogP contribution is -2.00. The molecule has 0 radical (unpaired) electrons. The van der Waals surface area contributed by atoms with E-state index in [0.717, 1.165) is 36.9 Å². The van der Waals surface area contributed by atoms with E-state index in [9.17, 15) is 4.79 Å². The van der Waals surface area contributed by atoms with Crippen LogP contribution in [0.25, 0.3) is 0 Å². The lowest BCUT2D eigenvalue weighted by atomic mass is 10.1. The Morgan fingerprint density at radius 3 is 3.07 bits per heavy atom. The van der Waals surface area contributed by atoms with Gasteiger partial charge in [0.2, 0.25) is 0 Å². The molecule has 0 amide bonds. The molecular weight excluding hydrogens is 176 g/mol. The summed E-state index contributed by atoms with van der Waals surface area (Å²) in [6.45, 7) is 2.82. The van der Waals surface area contributed by atoms with Crippen molar-refractivity contribution < 1.29 is 4.79 Å². The van der Waals surface area contributed by atoms with Crippen LogP contribution in [0, 0.1) is 0 Å². The summed E-state index contributed by atoms with van der Waals surface area (Å²) < 4.78 is 1.78. The number of rotatable bonds is 3. The minimum atomic E-state index is 0.155. The molecular formula is C11H14N2O. The number of allylic oxidation sites excluding steroid dienone is 2. The highest BCUT2D eigenvalue weighted by Crippen LogP contribution is 2.21. The van der Waals surface area contributed by atoms with Gasteiger partial charge in [-0.1, -0.05) is 6.08 Å². The fraction of sp³-hybridized carbons (Fsp3) is 0.455. The molecule has 0 fully saturated rings. The van der Waals surface area contributed by atoms with Crippen LogP contribution in [0.3, 0.4) is 0 Å². The first-order valence-electron chi connectivity index (χ1n) is 5.07. The van der Waals surface area contributed by atoms with Gasteiger partial charge in [0.15, 0.2) is 5.78 Å². The standard InChI is InChI=1S/C11H14N2O/c1-2-13-8-10(7-12-13)11(14)9-5-3-4-6-9/h5,7-8H,2-4,6H2,1H3. The molecule has 0 spiro atoms. The first-order chi connectivity index (χ1) is 6.81. The van der Waals surface area contributed by atoms with Crippen LogP contribution in [0.4, 0.5) is 0 Å². The topological polar surface area (TPSA) is 34.9 Å². The molecule has 0 atom stereocenters. The number of aryl methyl sites for hydroxylation is 1. The van der Waals surface area contributed by atoms with Crippen molar-refractivity contribution in [2.45, 2.75) is 32.7 Å². The minimum absolute atomic E-state index is 0.155. The van der Waals surface area contributed by atoms with Crippen LogP contribution in [-0.2, 0) is 6.54 Å². The van der Waals surface area contributed by atoms with Crippen molar-refractivity contribution in [3.05, 3.63) is 29.6 Å². The summed E-state index contributed by atoms with van der Waals surface area (Å²) in [5.74, 6) is 0.155. The molecule has 1 aromatic heterocycles. The van der Waals surface area contributed by atoms with E-state index in [0.29, 0.717) is 0 Å². The third-order valence-electron chi connectivity index (χ3n) is 2.55. The Hall–Kier alpha value is -1.38. The average Bonchev–Trinajstić information content (AvgIpc) is 2.88. The normalized spacial score (nSPS) is 15.6. The lowest BCUT2D eigenvalue weighted by Gasteiger charge is -1.96. The van der Waals surface area contributed by atoms with E-state index < -0.39 is 0 Å². The number of hydrogen-bond donors (Lipinski definition) is 0. The molecule has 0 aromatic carbocycles. The summed E-state index contributed by atoms with van der Waals surface area (Å²) in [6, 6.07) is 0. The molecule has 0 aliphatic heterocycles. The highest BCUT2D eigenvalue weighted by atomic mass is 16.1. The van der Waals surface area contributed by atoms with Crippen LogP contribution < -0.4 is 0 Å². The van der Waals surface area contributed by atoms with Crippen molar-refractivity contribution >= 4 is 5.78 Å². The van der Waals surface area contributed by atoms with E-state index in [1.165, 1.54) is 0 Å². The van der Waals surface area contributed by atoms with E-state index in [-0.39, 0.29) is 5.78 Å². The molecule has 0 saturated carbocycles. The lowest BCUT2D eigenvalue weighted by molar-refractivity contribution is 0.103. The second-order valence-electron chi connectivity index (χ2n) is 3.54. The first-order valence-corrected chi connectivity index (χ1v) is 5.07.